The van der Waals surface area contributed by atoms with Crippen LogP contribution in [0, 0.1) is 17.0 Å². The maximum Gasteiger partial charge on any atom is 0.336 e. The van der Waals surface area contributed by atoms with Crippen molar-refractivity contribution in [3.05, 3.63) is 33.4 Å². The van der Waals surface area contributed by atoms with Crippen molar-refractivity contribution in [1.82, 2.24) is 0 Å². The van der Waals surface area contributed by atoms with Gasteiger partial charge in [0.25, 0.3) is 5.69 Å². The summed E-state index contributed by atoms with van der Waals surface area (Å²) in [5.41, 5.74) is 0.437. The Labute approximate surface area is 118 Å². The second-order valence-corrected chi connectivity index (χ2v) is 5.84. The van der Waals surface area contributed by atoms with Crippen LogP contribution in [0.5, 0.6) is 0 Å². The topological polar surface area (TPSA) is 110 Å². The molecule has 0 saturated carbocycles. The average molecular weight is 300 g/mol. The molecule has 0 radical (unpaired) electrons. The quantitative estimate of drug-likeness (QED) is 0.451. The number of anilines is 1. The highest BCUT2D eigenvalue weighted by Gasteiger charge is 2.18. The van der Waals surface area contributed by atoms with Crippen molar-refractivity contribution in [1.29, 1.82) is 0 Å². The molecule has 0 heterocycles. The number of hydrogen-bond acceptors (Lipinski definition) is 5. The molecule has 110 valence electrons. The number of benzene rings is 1. The molecule has 0 bridgehead atoms. The summed E-state index contributed by atoms with van der Waals surface area (Å²) >= 11 is 0. The first-order valence-electron chi connectivity index (χ1n) is 5.89. The maximum absolute atomic E-state index is 11.0. The summed E-state index contributed by atoms with van der Waals surface area (Å²) < 4.78 is 10.9. The average Bonchev–Trinajstić information content (AvgIpc) is 2.35. The Morgan fingerprint density at radius 1 is 1.50 bits per heavy atom. The summed E-state index contributed by atoms with van der Waals surface area (Å²) in [5, 5.41) is 22.8. The lowest BCUT2D eigenvalue weighted by atomic mass is 10.1. The van der Waals surface area contributed by atoms with Crippen molar-refractivity contribution in [2.75, 3.05) is 23.9 Å². The normalized spacial score (nSPS) is 11.9. The molecule has 1 unspecified atom stereocenters. The van der Waals surface area contributed by atoms with Crippen molar-refractivity contribution in [3.63, 3.8) is 0 Å². The molecule has 1 rings (SSSR count). The number of nitrogens with zero attached hydrogens (tertiary/aromatic N) is 1. The molecule has 0 amide bonds. The summed E-state index contributed by atoms with van der Waals surface area (Å²) in [6.07, 6.45) is 2.23. The van der Waals surface area contributed by atoms with Crippen LogP contribution in [0.4, 0.5) is 11.4 Å². The molecule has 1 atom stereocenters. The van der Waals surface area contributed by atoms with Gasteiger partial charge < -0.3 is 10.4 Å². The number of carboxylic acid groups (broad SMARTS) is 1. The SMILES string of the molecule is Cc1c(NCCCS(C)=O)cc(C(=O)O)cc1[N+](=O)[O-]. The third-order valence-electron chi connectivity index (χ3n) is 2.75. The van der Waals surface area contributed by atoms with Crippen molar-refractivity contribution in [3.8, 4) is 0 Å². The number of hydrogen-bond donors (Lipinski definition) is 2. The zero-order valence-electron chi connectivity index (χ0n) is 11.2. The van der Waals surface area contributed by atoms with Gasteiger partial charge in [0.15, 0.2) is 0 Å². The van der Waals surface area contributed by atoms with E-state index in [9.17, 15) is 19.1 Å². The van der Waals surface area contributed by atoms with E-state index in [1.165, 1.54) is 6.07 Å². The molecule has 2 N–H and O–H groups in total. The lowest BCUT2D eigenvalue weighted by Crippen LogP contribution is -2.09. The molecule has 0 aliphatic heterocycles. The number of nitrogens with one attached hydrogen (secondary N) is 1. The van der Waals surface area contributed by atoms with Crippen LogP contribution in [0.2, 0.25) is 0 Å². The van der Waals surface area contributed by atoms with Crippen LogP contribution in [0.1, 0.15) is 22.3 Å². The number of aromatic carboxylic acids is 1. The van der Waals surface area contributed by atoms with E-state index < -0.39 is 21.7 Å². The molecule has 1 aromatic carbocycles. The molecule has 0 aliphatic carbocycles. The van der Waals surface area contributed by atoms with Crippen molar-refractivity contribution in [2.24, 2.45) is 0 Å². The molecule has 0 aromatic heterocycles. The highest BCUT2D eigenvalue weighted by molar-refractivity contribution is 7.84. The predicted octanol–water partition coefficient (Wildman–Crippen LogP) is 1.78. The van der Waals surface area contributed by atoms with Gasteiger partial charge in [-0.15, -0.1) is 0 Å². The zero-order valence-corrected chi connectivity index (χ0v) is 12.0. The summed E-state index contributed by atoms with van der Waals surface area (Å²) in [4.78, 5) is 21.3. The first-order valence-corrected chi connectivity index (χ1v) is 7.62. The lowest BCUT2D eigenvalue weighted by molar-refractivity contribution is -0.385. The van der Waals surface area contributed by atoms with Gasteiger partial charge in [0.1, 0.15) is 0 Å². The van der Waals surface area contributed by atoms with Crippen LogP contribution >= 0.6 is 0 Å². The van der Waals surface area contributed by atoms with Gasteiger partial charge in [0.2, 0.25) is 0 Å². The molecule has 0 spiro atoms. The highest BCUT2D eigenvalue weighted by atomic mass is 32.2. The van der Waals surface area contributed by atoms with Crippen molar-refractivity contribution in [2.45, 2.75) is 13.3 Å². The molecular formula is C12H16N2O5S. The minimum Gasteiger partial charge on any atom is -0.478 e. The van der Waals surface area contributed by atoms with Gasteiger partial charge in [-0.25, -0.2) is 4.79 Å². The Morgan fingerprint density at radius 3 is 2.65 bits per heavy atom. The Morgan fingerprint density at radius 2 is 2.15 bits per heavy atom. The van der Waals surface area contributed by atoms with Gasteiger partial charge in [-0.3, -0.25) is 14.3 Å². The predicted molar refractivity (Wildman–Crippen MR) is 76.8 cm³/mol. The Hall–Kier alpha value is -1.96. The van der Waals surface area contributed by atoms with Crippen LogP contribution < -0.4 is 5.32 Å². The van der Waals surface area contributed by atoms with Gasteiger partial charge >= 0.3 is 5.97 Å². The fourth-order valence-corrected chi connectivity index (χ4v) is 2.25. The number of nitro benzene ring substituents is 1. The fraction of sp³-hybridized carbons (Fsp3) is 0.417. The molecule has 20 heavy (non-hydrogen) atoms. The van der Waals surface area contributed by atoms with Crippen LogP contribution in [0.25, 0.3) is 0 Å². The molecule has 0 aliphatic rings. The first kappa shape index (κ1) is 16.1. The van der Waals surface area contributed by atoms with E-state index in [2.05, 4.69) is 5.32 Å². The van der Waals surface area contributed by atoms with E-state index in [1.807, 2.05) is 0 Å². The van der Waals surface area contributed by atoms with Crippen LogP contribution in [-0.4, -0.2) is 38.8 Å². The van der Waals surface area contributed by atoms with Crippen LogP contribution in [0.3, 0.4) is 0 Å². The first-order chi connectivity index (χ1) is 9.32. The largest absolute Gasteiger partial charge is 0.478 e. The summed E-state index contributed by atoms with van der Waals surface area (Å²) in [5.74, 6) is -0.696. The fourth-order valence-electron chi connectivity index (χ4n) is 1.69. The third-order valence-corrected chi connectivity index (χ3v) is 3.61. The van der Waals surface area contributed by atoms with E-state index in [0.29, 0.717) is 30.0 Å². The second kappa shape index (κ2) is 6.99. The van der Waals surface area contributed by atoms with E-state index in [0.717, 1.165) is 6.07 Å². The maximum atomic E-state index is 11.0. The Kier molecular flexibility index (Phi) is 5.63. The molecule has 0 saturated heterocycles. The standard InChI is InChI=1S/C12H16N2O5S/c1-8-10(13-4-3-5-20(2)19)6-9(12(15)16)7-11(8)14(17)18/h6-7,13H,3-5H2,1-2H3,(H,15,16). The minimum absolute atomic E-state index is 0.135. The van der Waals surface area contributed by atoms with E-state index in [-0.39, 0.29) is 11.3 Å². The zero-order chi connectivity index (χ0) is 15.3. The molecule has 0 fully saturated rings. The Bertz CT molecular complexity index is 559. The van der Waals surface area contributed by atoms with E-state index in [4.69, 9.17) is 5.11 Å². The van der Waals surface area contributed by atoms with Crippen LogP contribution in [0.15, 0.2) is 12.1 Å². The highest BCUT2D eigenvalue weighted by Crippen LogP contribution is 2.27. The number of carboxylic acids is 1. The monoisotopic (exact) mass is 300 g/mol. The molecule has 8 heteroatoms. The molecule has 7 nitrogen and oxygen atoms in total. The minimum atomic E-state index is -1.22. The van der Waals surface area contributed by atoms with Crippen molar-refractivity contribution >= 4 is 28.1 Å². The number of nitro groups is 1. The Balaban J connectivity index is 2.96. The number of carbonyl (C=O) groups is 1. The smallest absolute Gasteiger partial charge is 0.336 e. The summed E-state index contributed by atoms with van der Waals surface area (Å²) in [6, 6.07) is 2.41. The molecule has 1 aromatic rings. The summed E-state index contributed by atoms with van der Waals surface area (Å²) in [7, 11) is -0.895. The van der Waals surface area contributed by atoms with Gasteiger partial charge in [0, 0.05) is 46.7 Å². The summed E-state index contributed by atoms with van der Waals surface area (Å²) in [6.45, 7) is 2.03. The number of rotatable bonds is 7. The van der Waals surface area contributed by atoms with Gasteiger partial charge in [-0.1, -0.05) is 0 Å². The van der Waals surface area contributed by atoms with Gasteiger partial charge in [-0.05, 0) is 19.4 Å². The van der Waals surface area contributed by atoms with E-state index >= 15 is 0 Å². The molecular weight excluding hydrogens is 284 g/mol. The van der Waals surface area contributed by atoms with Crippen molar-refractivity contribution < 1.29 is 19.0 Å². The van der Waals surface area contributed by atoms with Gasteiger partial charge in [0.05, 0.1) is 10.5 Å². The second-order valence-electron chi connectivity index (χ2n) is 4.29. The van der Waals surface area contributed by atoms with Gasteiger partial charge in [-0.2, -0.15) is 0 Å². The van der Waals surface area contributed by atoms with Crippen LogP contribution in [-0.2, 0) is 10.8 Å². The van der Waals surface area contributed by atoms with E-state index in [1.54, 1.807) is 13.2 Å². The lowest BCUT2D eigenvalue weighted by Gasteiger charge is -2.10. The third kappa shape index (κ3) is 4.30.